The van der Waals surface area contributed by atoms with Crippen molar-refractivity contribution in [3.05, 3.63) is 59.2 Å². The molecule has 3 N–H and O–H groups in total. The topological polar surface area (TPSA) is 62.9 Å². The molecule has 4 rings (SSSR count). The minimum Gasteiger partial charge on any atom is -0.497 e. The number of benzene rings is 2. The molecule has 0 aromatic heterocycles. The second kappa shape index (κ2) is 9.31. The second-order valence-corrected chi connectivity index (χ2v) is 8.26. The molecule has 0 bridgehead atoms. The van der Waals surface area contributed by atoms with Crippen molar-refractivity contribution < 1.29 is 4.74 Å². The highest BCUT2D eigenvalue weighted by atomic mass is 16.5. The largest absolute Gasteiger partial charge is 0.497 e. The lowest BCUT2D eigenvalue weighted by Crippen LogP contribution is -2.34. The highest BCUT2D eigenvalue weighted by Gasteiger charge is 2.19. The predicted molar refractivity (Wildman–Crippen MR) is 120 cm³/mol. The van der Waals surface area contributed by atoms with Gasteiger partial charge in [0, 0.05) is 18.8 Å². The van der Waals surface area contributed by atoms with Crippen LogP contribution in [0.4, 0.5) is 5.69 Å². The van der Waals surface area contributed by atoms with Crippen molar-refractivity contribution in [3.8, 4) is 5.75 Å². The maximum atomic E-state index is 6.14. The van der Waals surface area contributed by atoms with Gasteiger partial charge in [-0.2, -0.15) is 0 Å². The van der Waals surface area contributed by atoms with Crippen LogP contribution in [0.3, 0.4) is 0 Å². The molecule has 1 fully saturated rings. The molecule has 154 valence electrons. The van der Waals surface area contributed by atoms with Crippen LogP contribution in [-0.2, 0) is 19.4 Å². The quantitative estimate of drug-likeness (QED) is 0.579. The van der Waals surface area contributed by atoms with Crippen molar-refractivity contribution in [2.24, 2.45) is 16.6 Å². The second-order valence-electron chi connectivity index (χ2n) is 8.26. The molecule has 29 heavy (non-hydrogen) atoms. The Morgan fingerprint density at radius 2 is 1.86 bits per heavy atom. The number of aliphatic imine (C=N–C) groups is 1. The SMILES string of the molecule is COc1ccc(CN2CCC(CN=C(N)Nc3ccc4c(c3)CCC4)CC2)cc1. The number of nitrogens with two attached hydrogens (primary N) is 1. The smallest absolute Gasteiger partial charge is 0.193 e. The van der Waals surface area contributed by atoms with Crippen LogP contribution in [0.25, 0.3) is 0 Å². The summed E-state index contributed by atoms with van der Waals surface area (Å²) in [6.07, 6.45) is 5.99. The first-order valence-electron chi connectivity index (χ1n) is 10.7. The van der Waals surface area contributed by atoms with Gasteiger partial charge in [0.05, 0.1) is 7.11 Å². The first-order chi connectivity index (χ1) is 14.2. The fourth-order valence-corrected chi connectivity index (χ4v) is 4.38. The van der Waals surface area contributed by atoms with Crippen LogP contribution in [0, 0.1) is 5.92 Å². The van der Waals surface area contributed by atoms with E-state index in [1.807, 2.05) is 12.1 Å². The fourth-order valence-electron chi connectivity index (χ4n) is 4.38. The number of fused-ring (bicyclic) bond motifs is 1. The first kappa shape index (κ1) is 19.8. The average molecular weight is 393 g/mol. The number of methoxy groups -OCH3 is 1. The summed E-state index contributed by atoms with van der Waals surface area (Å²) in [6, 6.07) is 14.9. The van der Waals surface area contributed by atoms with Gasteiger partial charge in [0.2, 0.25) is 0 Å². The Morgan fingerprint density at radius 1 is 1.10 bits per heavy atom. The number of nitrogens with one attached hydrogen (secondary N) is 1. The van der Waals surface area contributed by atoms with Crippen molar-refractivity contribution in [3.63, 3.8) is 0 Å². The van der Waals surface area contributed by atoms with Crippen LogP contribution in [0.1, 0.15) is 36.0 Å². The van der Waals surface area contributed by atoms with E-state index in [4.69, 9.17) is 10.5 Å². The molecule has 0 spiro atoms. The van der Waals surface area contributed by atoms with Crippen LogP contribution in [0.15, 0.2) is 47.5 Å². The lowest BCUT2D eigenvalue weighted by atomic mass is 9.96. The van der Waals surface area contributed by atoms with Gasteiger partial charge in [-0.3, -0.25) is 9.89 Å². The fraction of sp³-hybridized carbons (Fsp3) is 0.458. The Morgan fingerprint density at radius 3 is 2.62 bits per heavy atom. The Balaban J connectivity index is 1.21. The van der Waals surface area contributed by atoms with Crippen LogP contribution >= 0.6 is 0 Å². The summed E-state index contributed by atoms with van der Waals surface area (Å²) in [5, 5.41) is 3.27. The Labute approximate surface area is 174 Å². The number of hydrogen-bond acceptors (Lipinski definition) is 3. The Kier molecular flexibility index (Phi) is 6.35. The molecule has 0 radical (unpaired) electrons. The zero-order valence-electron chi connectivity index (χ0n) is 17.4. The minimum atomic E-state index is 0.531. The standard InChI is InChI=1S/C24H32N4O/c1-29-23-9-5-19(6-10-23)17-28-13-11-18(12-14-28)16-26-24(25)27-22-8-7-20-3-2-4-21(20)15-22/h5-10,15,18H,2-4,11-14,16-17H2,1H3,(H3,25,26,27). The van der Waals surface area contributed by atoms with Crippen molar-refractivity contribution in [2.75, 3.05) is 32.1 Å². The van der Waals surface area contributed by atoms with E-state index in [-0.39, 0.29) is 0 Å². The molecule has 5 heteroatoms. The molecule has 1 heterocycles. The van der Waals surface area contributed by atoms with Gasteiger partial charge in [-0.25, -0.2) is 0 Å². The number of aryl methyl sites for hydroxylation is 2. The van der Waals surface area contributed by atoms with E-state index < -0.39 is 0 Å². The van der Waals surface area contributed by atoms with E-state index in [1.165, 1.54) is 48.8 Å². The third-order valence-electron chi connectivity index (χ3n) is 6.16. The summed E-state index contributed by atoms with van der Waals surface area (Å²) < 4.78 is 5.23. The lowest BCUT2D eigenvalue weighted by molar-refractivity contribution is 0.180. The van der Waals surface area contributed by atoms with E-state index in [0.29, 0.717) is 11.9 Å². The van der Waals surface area contributed by atoms with Gasteiger partial charge in [-0.15, -0.1) is 0 Å². The summed E-state index contributed by atoms with van der Waals surface area (Å²) in [4.78, 5) is 7.14. The minimum absolute atomic E-state index is 0.531. The molecule has 0 atom stereocenters. The van der Waals surface area contributed by atoms with Crippen molar-refractivity contribution >= 4 is 11.6 Å². The molecule has 2 aromatic rings. The molecule has 0 unspecified atom stereocenters. The summed E-state index contributed by atoms with van der Waals surface area (Å²) in [7, 11) is 1.70. The maximum absolute atomic E-state index is 6.14. The summed E-state index contributed by atoms with van der Waals surface area (Å²) >= 11 is 0. The molecule has 1 aliphatic carbocycles. The highest BCUT2D eigenvalue weighted by Crippen LogP contribution is 2.25. The van der Waals surface area contributed by atoms with Crippen LogP contribution in [0.2, 0.25) is 0 Å². The zero-order valence-corrected chi connectivity index (χ0v) is 17.4. The van der Waals surface area contributed by atoms with E-state index in [0.717, 1.165) is 37.6 Å². The average Bonchev–Trinajstić information content (AvgIpc) is 3.22. The molecule has 2 aromatic carbocycles. The first-order valence-corrected chi connectivity index (χ1v) is 10.7. The third kappa shape index (κ3) is 5.30. The van der Waals surface area contributed by atoms with Crippen LogP contribution in [0.5, 0.6) is 5.75 Å². The van der Waals surface area contributed by atoms with Crippen molar-refractivity contribution in [1.29, 1.82) is 0 Å². The number of anilines is 1. The number of piperidine rings is 1. The van der Waals surface area contributed by atoms with Gasteiger partial charge in [0.25, 0.3) is 0 Å². The highest BCUT2D eigenvalue weighted by molar-refractivity contribution is 5.92. The van der Waals surface area contributed by atoms with E-state index in [9.17, 15) is 0 Å². The maximum Gasteiger partial charge on any atom is 0.193 e. The molecular formula is C24H32N4O. The molecule has 0 amide bonds. The molecule has 1 aliphatic heterocycles. The number of rotatable bonds is 6. The normalized spacial score (nSPS) is 17.9. The summed E-state index contributed by atoms with van der Waals surface area (Å²) in [5.74, 6) is 2.06. The van der Waals surface area contributed by atoms with Gasteiger partial charge in [0.15, 0.2) is 5.96 Å². The zero-order chi connectivity index (χ0) is 20.1. The number of ether oxygens (including phenoxy) is 1. The van der Waals surface area contributed by atoms with E-state index >= 15 is 0 Å². The van der Waals surface area contributed by atoms with Gasteiger partial charge >= 0.3 is 0 Å². The molecule has 5 nitrogen and oxygen atoms in total. The molecular weight excluding hydrogens is 360 g/mol. The van der Waals surface area contributed by atoms with Gasteiger partial charge in [0.1, 0.15) is 5.75 Å². The predicted octanol–water partition coefficient (Wildman–Crippen LogP) is 3.82. The monoisotopic (exact) mass is 392 g/mol. The number of guanidine groups is 1. The van der Waals surface area contributed by atoms with Crippen molar-refractivity contribution in [1.82, 2.24) is 4.90 Å². The summed E-state index contributed by atoms with van der Waals surface area (Å²) in [6.45, 7) is 4.04. The third-order valence-corrected chi connectivity index (χ3v) is 6.16. The molecule has 0 saturated carbocycles. The lowest BCUT2D eigenvalue weighted by Gasteiger charge is -2.31. The van der Waals surface area contributed by atoms with Crippen LogP contribution < -0.4 is 15.8 Å². The van der Waals surface area contributed by atoms with Crippen molar-refractivity contribution in [2.45, 2.75) is 38.6 Å². The van der Waals surface area contributed by atoms with E-state index in [1.54, 1.807) is 7.11 Å². The Bertz CT molecular complexity index is 838. The van der Waals surface area contributed by atoms with Gasteiger partial charge in [-0.05, 0) is 92.1 Å². The number of likely N-dealkylation sites (tertiary alicyclic amines) is 1. The molecule has 1 saturated heterocycles. The van der Waals surface area contributed by atoms with Gasteiger partial charge in [-0.1, -0.05) is 18.2 Å². The number of hydrogen-bond donors (Lipinski definition) is 2. The Hall–Kier alpha value is -2.53. The van der Waals surface area contributed by atoms with Crippen LogP contribution in [-0.4, -0.2) is 37.6 Å². The summed E-state index contributed by atoms with van der Waals surface area (Å²) in [5.41, 5.74) is 11.5. The van der Waals surface area contributed by atoms with Gasteiger partial charge < -0.3 is 15.8 Å². The molecule has 2 aliphatic rings. The van der Waals surface area contributed by atoms with E-state index in [2.05, 4.69) is 45.5 Å². The number of nitrogens with zero attached hydrogens (tertiary/aromatic N) is 2.